The van der Waals surface area contributed by atoms with Crippen molar-refractivity contribution in [1.29, 1.82) is 0 Å². The lowest BCUT2D eigenvalue weighted by molar-refractivity contribution is -0.119. The van der Waals surface area contributed by atoms with Crippen LogP contribution in [0.15, 0.2) is 29.7 Å². The van der Waals surface area contributed by atoms with E-state index < -0.39 is 0 Å². The molecule has 0 aromatic heterocycles. The van der Waals surface area contributed by atoms with E-state index in [0.717, 1.165) is 42.3 Å². The van der Waals surface area contributed by atoms with Crippen molar-refractivity contribution in [2.24, 2.45) is 0 Å². The molecule has 1 aromatic carbocycles. The molecule has 2 aliphatic rings. The molecule has 10 heteroatoms. The molecule has 1 aromatic rings. The third-order valence-corrected chi connectivity index (χ3v) is 6.87. The fraction of sp³-hybridized carbons (Fsp3) is 0.591. The first-order chi connectivity index (χ1) is 15.6. The molecule has 8 nitrogen and oxygen atoms in total. The maximum Gasteiger partial charge on any atom is 0.271 e. The number of halogens is 1. The van der Waals surface area contributed by atoms with Gasteiger partial charge in [0.15, 0.2) is 6.29 Å². The van der Waals surface area contributed by atoms with Crippen molar-refractivity contribution in [2.75, 3.05) is 45.3 Å². The molecule has 1 fully saturated rings. The highest BCUT2D eigenvalue weighted by molar-refractivity contribution is 7.99. The van der Waals surface area contributed by atoms with E-state index in [-0.39, 0.29) is 12.2 Å². The molecule has 2 aliphatic heterocycles. The topological polar surface area (TPSA) is 89.7 Å². The summed E-state index contributed by atoms with van der Waals surface area (Å²) >= 11 is 8.38. The zero-order chi connectivity index (χ0) is 22.9. The number of hydrogen-bond acceptors (Lipinski definition) is 8. The van der Waals surface area contributed by atoms with Crippen LogP contribution >= 0.6 is 23.4 Å². The van der Waals surface area contributed by atoms with Gasteiger partial charge in [-0.2, -0.15) is 11.8 Å². The van der Waals surface area contributed by atoms with Crippen LogP contribution in [0.25, 0.3) is 0 Å². The van der Waals surface area contributed by atoms with Crippen LogP contribution in [0.5, 0.6) is 5.75 Å². The first-order valence-electron chi connectivity index (χ1n) is 11.2. The van der Waals surface area contributed by atoms with Crippen molar-refractivity contribution in [1.82, 2.24) is 31.5 Å². The van der Waals surface area contributed by atoms with Crippen molar-refractivity contribution in [2.45, 2.75) is 38.6 Å². The van der Waals surface area contributed by atoms with Crippen LogP contribution in [0, 0.1) is 0 Å². The van der Waals surface area contributed by atoms with Gasteiger partial charge < -0.3 is 30.9 Å². The van der Waals surface area contributed by atoms with Gasteiger partial charge in [-0.25, -0.2) is 0 Å². The smallest absolute Gasteiger partial charge is 0.271 e. The molecule has 2 heterocycles. The lowest BCUT2D eigenvalue weighted by Crippen LogP contribution is -2.54. The number of carbonyl (C=O) groups excluding carboxylic acids is 1. The summed E-state index contributed by atoms with van der Waals surface area (Å²) in [7, 11) is 3.51. The van der Waals surface area contributed by atoms with Crippen LogP contribution in [0.1, 0.15) is 25.3 Å². The Morgan fingerprint density at radius 3 is 2.75 bits per heavy atom. The predicted molar refractivity (Wildman–Crippen MR) is 132 cm³/mol. The number of benzene rings is 1. The van der Waals surface area contributed by atoms with Gasteiger partial charge in [0.2, 0.25) is 0 Å². The van der Waals surface area contributed by atoms with Gasteiger partial charge in [0.05, 0.1) is 12.1 Å². The van der Waals surface area contributed by atoms with E-state index in [2.05, 4.69) is 31.5 Å². The van der Waals surface area contributed by atoms with Crippen LogP contribution in [0.2, 0.25) is 5.02 Å². The summed E-state index contributed by atoms with van der Waals surface area (Å²) in [5, 5.41) is 17.3. The summed E-state index contributed by atoms with van der Waals surface area (Å²) in [6.45, 7) is 4.51. The molecule has 5 N–H and O–H groups in total. The summed E-state index contributed by atoms with van der Waals surface area (Å²) in [6.07, 6.45) is 2.03. The number of thioether (sulfide) groups is 1. The summed E-state index contributed by atoms with van der Waals surface area (Å²) in [5.41, 5.74) is 1.61. The second-order valence-corrected chi connectivity index (χ2v) is 9.44. The molecule has 0 bridgehead atoms. The van der Waals surface area contributed by atoms with Gasteiger partial charge in [-0.3, -0.25) is 10.1 Å². The summed E-state index contributed by atoms with van der Waals surface area (Å²) in [4.78, 5) is 15.2. The zero-order valence-electron chi connectivity index (χ0n) is 19.1. The molecule has 1 saturated heterocycles. The highest BCUT2D eigenvalue weighted by Gasteiger charge is 2.36. The number of ether oxygens (including phenoxy) is 1. The Morgan fingerprint density at radius 2 is 2.09 bits per heavy atom. The molecule has 0 aliphatic carbocycles. The number of rotatable bonds is 11. The molecular formula is C22H35ClN6O2S. The lowest BCUT2D eigenvalue weighted by atomic mass is 10.1. The molecule has 178 valence electrons. The number of hydrogen-bond donors (Lipinski definition) is 5. The van der Waals surface area contributed by atoms with Crippen molar-refractivity contribution >= 4 is 29.3 Å². The average molecular weight is 483 g/mol. The Balaban J connectivity index is 1.88. The van der Waals surface area contributed by atoms with Crippen LogP contribution < -0.4 is 31.3 Å². The molecule has 1 atom stereocenters. The number of carbonyl (C=O) groups is 1. The predicted octanol–water partition coefficient (Wildman–Crippen LogP) is 1.64. The largest absolute Gasteiger partial charge is 0.495 e. The van der Waals surface area contributed by atoms with Gasteiger partial charge in [0, 0.05) is 32.2 Å². The second-order valence-electron chi connectivity index (χ2n) is 7.81. The molecular weight excluding hydrogens is 448 g/mol. The zero-order valence-corrected chi connectivity index (χ0v) is 20.7. The van der Waals surface area contributed by atoms with Crippen molar-refractivity contribution < 1.29 is 9.53 Å². The van der Waals surface area contributed by atoms with Crippen LogP contribution in [0.3, 0.4) is 0 Å². The van der Waals surface area contributed by atoms with Crippen molar-refractivity contribution in [3.63, 3.8) is 0 Å². The van der Waals surface area contributed by atoms with Gasteiger partial charge in [0.25, 0.3) is 5.91 Å². The van der Waals surface area contributed by atoms with E-state index in [1.54, 1.807) is 7.11 Å². The quantitative estimate of drug-likeness (QED) is 0.304. The van der Waals surface area contributed by atoms with Crippen molar-refractivity contribution in [3.8, 4) is 5.75 Å². The molecule has 32 heavy (non-hydrogen) atoms. The SMILES string of the molecule is CCNC(=O)C1=C(NCCNC)NC(NC2CCSCC2)N1Cc1ccc(OC)c(Cl)c1. The number of amides is 1. The number of nitrogens with one attached hydrogen (secondary N) is 5. The van der Waals surface area contributed by atoms with Gasteiger partial charge in [-0.1, -0.05) is 17.7 Å². The maximum absolute atomic E-state index is 13.1. The van der Waals surface area contributed by atoms with E-state index in [9.17, 15) is 4.79 Å². The Hall–Kier alpha value is -1.81. The third kappa shape index (κ3) is 6.37. The lowest BCUT2D eigenvalue weighted by Gasteiger charge is -2.33. The third-order valence-electron chi connectivity index (χ3n) is 5.53. The summed E-state index contributed by atoms with van der Waals surface area (Å²) < 4.78 is 5.29. The van der Waals surface area contributed by atoms with Gasteiger partial charge >= 0.3 is 0 Å². The molecule has 1 unspecified atom stereocenters. The first kappa shape index (κ1) is 24.8. The minimum Gasteiger partial charge on any atom is -0.495 e. The van der Waals surface area contributed by atoms with Gasteiger partial charge in [-0.05, 0) is 56.0 Å². The Morgan fingerprint density at radius 1 is 1.31 bits per heavy atom. The fourth-order valence-corrected chi connectivity index (χ4v) is 5.27. The van der Waals surface area contributed by atoms with Crippen LogP contribution in [0.4, 0.5) is 0 Å². The number of likely N-dealkylation sites (N-methyl/N-ethyl adjacent to an activating group) is 2. The Labute approximate surface area is 200 Å². The molecule has 1 amide bonds. The van der Waals surface area contributed by atoms with E-state index >= 15 is 0 Å². The minimum atomic E-state index is -0.196. The monoisotopic (exact) mass is 482 g/mol. The number of nitrogens with zero attached hydrogens (tertiary/aromatic N) is 1. The average Bonchev–Trinajstić information content (AvgIpc) is 3.11. The van der Waals surface area contributed by atoms with Crippen LogP contribution in [-0.2, 0) is 11.3 Å². The van der Waals surface area contributed by atoms with E-state index in [1.165, 1.54) is 0 Å². The van der Waals surface area contributed by atoms with Crippen LogP contribution in [-0.4, -0.2) is 68.4 Å². The molecule has 0 radical (unpaired) electrons. The van der Waals surface area contributed by atoms with Gasteiger partial charge in [-0.15, -0.1) is 0 Å². The van der Waals surface area contributed by atoms with Gasteiger partial charge in [0.1, 0.15) is 17.3 Å². The maximum atomic E-state index is 13.1. The van der Waals surface area contributed by atoms with E-state index in [1.807, 2.05) is 43.9 Å². The van der Waals surface area contributed by atoms with E-state index in [0.29, 0.717) is 42.1 Å². The summed E-state index contributed by atoms with van der Waals surface area (Å²) in [5.74, 6) is 3.59. The highest BCUT2D eigenvalue weighted by atomic mass is 35.5. The van der Waals surface area contributed by atoms with Crippen molar-refractivity contribution in [3.05, 3.63) is 40.3 Å². The normalized spacial score (nSPS) is 19.1. The molecule has 3 rings (SSSR count). The minimum absolute atomic E-state index is 0.102. The Kier molecular flexibility index (Phi) is 9.65. The highest BCUT2D eigenvalue weighted by Crippen LogP contribution is 2.28. The molecule has 0 spiro atoms. The summed E-state index contributed by atoms with van der Waals surface area (Å²) in [6, 6.07) is 6.16. The first-order valence-corrected chi connectivity index (χ1v) is 12.7. The second kappa shape index (κ2) is 12.4. The Bertz CT molecular complexity index is 803. The van der Waals surface area contributed by atoms with E-state index in [4.69, 9.17) is 16.3 Å². The standard InChI is InChI=1S/C22H35ClN6O2S/c1-4-25-21(30)19-20(26-10-9-24-2)28-22(27-16-7-11-32-12-8-16)29(19)14-15-5-6-18(31-3)17(23)13-15/h5-6,13,16,22,24,26-28H,4,7-12,14H2,1-3H3,(H,25,30). The fourth-order valence-electron chi connectivity index (χ4n) is 3.89. The number of methoxy groups -OCH3 is 1. The molecule has 0 saturated carbocycles.